The fourth-order valence-corrected chi connectivity index (χ4v) is 2.38. The van der Waals surface area contributed by atoms with Crippen LogP contribution in [-0.4, -0.2) is 22.6 Å². The Morgan fingerprint density at radius 3 is 3.05 bits per heavy atom. The molecular formula is C15H13FN2O2S. The first-order valence-electron chi connectivity index (χ1n) is 6.21. The molecule has 1 aromatic heterocycles. The Bertz CT molecular complexity index is 689. The van der Waals surface area contributed by atoms with Crippen molar-refractivity contribution in [2.75, 3.05) is 6.61 Å². The van der Waals surface area contributed by atoms with Crippen molar-refractivity contribution in [3.8, 4) is 11.8 Å². The highest BCUT2D eigenvalue weighted by Gasteiger charge is 2.16. The fraction of sp³-hybridized carbons (Fsp3) is 0.200. The smallest absolute Gasteiger partial charge is 0.253 e. The van der Waals surface area contributed by atoms with E-state index in [1.807, 2.05) is 5.38 Å². The van der Waals surface area contributed by atoms with E-state index in [1.54, 1.807) is 13.1 Å². The number of rotatable bonds is 3. The van der Waals surface area contributed by atoms with Gasteiger partial charge in [0.15, 0.2) is 0 Å². The molecule has 1 atom stereocenters. The van der Waals surface area contributed by atoms with E-state index in [-0.39, 0.29) is 18.2 Å². The molecule has 108 valence electrons. The highest BCUT2D eigenvalue weighted by molar-refractivity contribution is 7.09. The molecule has 2 N–H and O–H groups in total. The van der Waals surface area contributed by atoms with Gasteiger partial charge >= 0.3 is 0 Å². The minimum atomic E-state index is -0.517. The molecule has 0 fully saturated rings. The molecule has 2 rings (SSSR count). The highest BCUT2D eigenvalue weighted by Crippen LogP contribution is 2.17. The summed E-state index contributed by atoms with van der Waals surface area (Å²) in [6, 6.07) is 3.49. The van der Waals surface area contributed by atoms with Crippen LogP contribution in [-0.2, 0) is 0 Å². The zero-order valence-electron chi connectivity index (χ0n) is 11.3. The first-order valence-corrected chi connectivity index (χ1v) is 7.09. The van der Waals surface area contributed by atoms with Crippen molar-refractivity contribution in [1.29, 1.82) is 0 Å². The van der Waals surface area contributed by atoms with E-state index >= 15 is 0 Å². The van der Waals surface area contributed by atoms with Crippen molar-refractivity contribution < 1.29 is 14.3 Å². The third-order valence-electron chi connectivity index (χ3n) is 2.70. The summed E-state index contributed by atoms with van der Waals surface area (Å²) >= 11 is 1.43. The maximum Gasteiger partial charge on any atom is 0.253 e. The molecule has 2 aromatic rings. The van der Waals surface area contributed by atoms with Crippen LogP contribution in [0.15, 0.2) is 29.8 Å². The van der Waals surface area contributed by atoms with Crippen molar-refractivity contribution in [1.82, 2.24) is 10.3 Å². The molecule has 6 heteroatoms. The Hall–Kier alpha value is -2.23. The summed E-state index contributed by atoms with van der Waals surface area (Å²) in [7, 11) is 0. The largest absolute Gasteiger partial charge is 0.384 e. The van der Waals surface area contributed by atoms with Crippen LogP contribution in [0.2, 0.25) is 0 Å². The number of aromatic nitrogens is 1. The average molecular weight is 304 g/mol. The van der Waals surface area contributed by atoms with E-state index in [4.69, 9.17) is 5.11 Å². The van der Waals surface area contributed by atoms with Crippen LogP contribution >= 0.6 is 11.3 Å². The van der Waals surface area contributed by atoms with Crippen LogP contribution in [0.25, 0.3) is 0 Å². The second-order valence-electron chi connectivity index (χ2n) is 4.22. The Balaban J connectivity index is 2.24. The number of aliphatic hydroxyl groups is 1. The highest BCUT2D eigenvalue weighted by atomic mass is 32.1. The van der Waals surface area contributed by atoms with Crippen LogP contribution in [0.4, 0.5) is 4.39 Å². The van der Waals surface area contributed by atoms with E-state index in [0.717, 1.165) is 11.1 Å². The lowest BCUT2D eigenvalue weighted by Crippen LogP contribution is -2.27. The van der Waals surface area contributed by atoms with E-state index < -0.39 is 11.7 Å². The molecule has 0 saturated carbocycles. The minimum absolute atomic E-state index is 0.138. The van der Waals surface area contributed by atoms with E-state index in [1.165, 1.54) is 23.5 Å². The average Bonchev–Trinajstić information content (AvgIpc) is 3.00. The lowest BCUT2D eigenvalue weighted by molar-refractivity contribution is 0.0939. The van der Waals surface area contributed by atoms with Crippen molar-refractivity contribution >= 4 is 17.2 Å². The molecule has 1 unspecified atom stereocenters. The van der Waals surface area contributed by atoms with Crippen molar-refractivity contribution in [2.45, 2.75) is 13.0 Å². The number of carbonyl (C=O) groups is 1. The predicted octanol–water partition coefficient (Wildman–Crippen LogP) is 2.12. The van der Waals surface area contributed by atoms with Gasteiger partial charge in [-0.25, -0.2) is 9.37 Å². The topological polar surface area (TPSA) is 62.2 Å². The number of nitrogens with zero attached hydrogens (tertiary/aromatic N) is 1. The van der Waals surface area contributed by atoms with Gasteiger partial charge in [0.1, 0.15) is 17.4 Å². The third kappa shape index (κ3) is 3.88. The third-order valence-corrected chi connectivity index (χ3v) is 3.66. The lowest BCUT2D eigenvalue weighted by Gasteiger charge is -2.12. The predicted molar refractivity (Wildman–Crippen MR) is 78.4 cm³/mol. The quantitative estimate of drug-likeness (QED) is 0.854. The van der Waals surface area contributed by atoms with Crippen LogP contribution in [0.1, 0.15) is 33.9 Å². The number of carbonyl (C=O) groups excluding carboxylic acids is 1. The van der Waals surface area contributed by atoms with Gasteiger partial charge in [-0.2, -0.15) is 0 Å². The molecule has 0 aliphatic rings. The molecular weight excluding hydrogens is 291 g/mol. The summed E-state index contributed by atoms with van der Waals surface area (Å²) in [4.78, 5) is 16.4. The second kappa shape index (κ2) is 6.97. The number of hydrogen-bond donors (Lipinski definition) is 2. The summed E-state index contributed by atoms with van der Waals surface area (Å²) in [6.45, 7) is 1.48. The van der Waals surface area contributed by atoms with Crippen LogP contribution in [0.5, 0.6) is 0 Å². The number of halogens is 1. The standard InChI is InChI=1S/C15H13FN2O2S/c1-10(15-17-6-8-21-15)18-14(20)13-9-12(16)5-4-11(13)3-2-7-19/h4-6,8-10,19H,7H2,1H3,(H,18,20). The van der Waals surface area contributed by atoms with Gasteiger partial charge in [-0.05, 0) is 25.1 Å². The number of benzene rings is 1. The summed E-state index contributed by atoms with van der Waals surface area (Å²) < 4.78 is 13.4. The zero-order chi connectivity index (χ0) is 15.2. The van der Waals surface area contributed by atoms with Crippen molar-refractivity contribution in [3.63, 3.8) is 0 Å². The first kappa shape index (κ1) is 15.2. The van der Waals surface area contributed by atoms with Gasteiger partial charge in [-0.15, -0.1) is 11.3 Å². The Morgan fingerprint density at radius 1 is 1.57 bits per heavy atom. The molecule has 0 radical (unpaired) electrons. The molecule has 4 nitrogen and oxygen atoms in total. The van der Waals surface area contributed by atoms with Crippen molar-refractivity contribution in [2.24, 2.45) is 0 Å². The summed E-state index contributed by atoms with van der Waals surface area (Å²) in [5.74, 6) is 4.14. The van der Waals surface area contributed by atoms with Gasteiger partial charge in [0.25, 0.3) is 5.91 Å². The normalized spacial score (nSPS) is 11.4. The maximum absolute atomic E-state index is 13.4. The number of nitrogens with one attached hydrogen (secondary N) is 1. The molecule has 0 saturated heterocycles. The molecule has 0 spiro atoms. The Morgan fingerprint density at radius 2 is 2.38 bits per heavy atom. The second-order valence-corrected chi connectivity index (χ2v) is 5.14. The number of thiazole rings is 1. The molecule has 21 heavy (non-hydrogen) atoms. The Kier molecular flexibility index (Phi) is 5.04. The number of aliphatic hydroxyl groups excluding tert-OH is 1. The van der Waals surface area contributed by atoms with Crippen molar-refractivity contribution in [3.05, 3.63) is 51.7 Å². The number of amides is 1. The molecule has 0 aliphatic carbocycles. The van der Waals surface area contributed by atoms with Gasteiger partial charge in [-0.1, -0.05) is 11.8 Å². The number of hydrogen-bond acceptors (Lipinski definition) is 4. The van der Waals surface area contributed by atoms with Crippen LogP contribution in [0, 0.1) is 17.7 Å². The zero-order valence-corrected chi connectivity index (χ0v) is 12.1. The molecule has 0 bridgehead atoms. The van der Waals surface area contributed by atoms with Gasteiger partial charge in [-0.3, -0.25) is 4.79 Å². The lowest BCUT2D eigenvalue weighted by atomic mass is 10.1. The monoisotopic (exact) mass is 304 g/mol. The first-order chi connectivity index (χ1) is 10.1. The van der Waals surface area contributed by atoms with Gasteiger partial charge in [0, 0.05) is 17.1 Å². The van der Waals surface area contributed by atoms with Gasteiger partial charge in [0.2, 0.25) is 0 Å². The van der Waals surface area contributed by atoms with E-state index in [0.29, 0.717) is 5.56 Å². The minimum Gasteiger partial charge on any atom is -0.384 e. The summed E-state index contributed by atoms with van der Waals surface area (Å²) in [5, 5.41) is 14.1. The van der Waals surface area contributed by atoms with Gasteiger partial charge in [0.05, 0.1) is 11.6 Å². The van der Waals surface area contributed by atoms with E-state index in [2.05, 4.69) is 22.1 Å². The molecule has 0 aliphatic heterocycles. The SMILES string of the molecule is CC(NC(=O)c1cc(F)ccc1C#CCO)c1nccs1. The Labute approximate surface area is 125 Å². The molecule has 1 heterocycles. The van der Waals surface area contributed by atoms with Crippen LogP contribution in [0.3, 0.4) is 0 Å². The maximum atomic E-state index is 13.4. The molecule has 1 aromatic carbocycles. The fourth-order valence-electron chi connectivity index (χ4n) is 1.73. The van der Waals surface area contributed by atoms with Gasteiger partial charge < -0.3 is 10.4 Å². The van der Waals surface area contributed by atoms with Crippen LogP contribution < -0.4 is 5.32 Å². The van der Waals surface area contributed by atoms with E-state index in [9.17, 15) is 9.18 Å². The molecule has 1 amide bonds. The summed E-state index contributed by atoms with van der Waals surface area (Å²) in [6.07, 6.45) is 1.66. The summed E-state index contributed by atoms with van der Waals surface area (Å²) in [5.41, 5.74) is 0.508.